The topological polar surface area (TPSA) is 89.1 Å². The quantitative estimate of drug-likeness (QED) is 0.203. The molecule has 0 fully saturated rings. The van der Waals surface area contributed by atoms with E-state index in [4.69, 9.17) is 5.73 Å². The largest absolute Gasteiger partial charge is 0.446 e. The molecule has 3 atom stereocenters. The first-order chi connectivity index (χ1) is 16.2. The molecule has 3 N–H and O–H groups in total. The number of anilines is 1. The molecule has 0 spiro atoms. The monoisotopic (exact) mass is 484 g/mol. The molecule has 0 saturated heterocycles. The molecular formula is C24H32F4N4O2. The van der Waals surface area contributed by atoms with Crippen LogP contribution < -0.4 is 11.1 Å². The molecule has 0 radical (unpaired) electrons. The maximum absolute atomic E-state index is 14.3. The van der Waals surface area contributed by atoms with Gasteiger partial charge in [0.1, 0.15) is 18.0 Å². The molecule has 1 unspecified atom stereocenters. The van der Waals surface area contributed by atoms with Gasteiger partial charge in [0, 0.05) is 23.4 Å². The maximum Gasteiger partial charge on any atom is 0.230 e. The molecule has 1 heterocycles. The summed E-state index contributed by atoms with van der Waals surface area (Å²) in [6.45, 7) is 6.44. The summed E-state index contributed by atoms with van der Waals surface area (Å²) in [7, 11) is 0. The van der Waals surface area contributed by atoms with Crippen molar-refractivity contribution in [1.29, 1.82) is 0 Å². The summed E-state index contributed by atoms with van der Waals surface area (Å²) >= 11 is 0. The molecule has 0 aliphatic carbocycles. The van der Waals surface area contributed by atoms with Crippen molar-refractivity contribution < 1.29 is 27.1 Å². The molecule has 6 nitrogen and oxygen atoms in total. The highest BCUT2D eigenvalue weighted by Crippen LogP contribution is 2.42. The van der Waals surface area contributed by atoms with Crippen LogP contribution in [0.15, 0.2) is 52.3 Å². The number of ether oxygens (including phenoxy) is 1. The van der Waals surface area contributed by atoms with Gasteiger partial charge in [0.05, 0.1) is 12.5 Å². The maximum atomic E-state index is 14.3. The van der Waals surface area contributed by atoms with Crippen LogP contribution >= 0.6 is 0 Å². The van der Waals surface area contributed by atoms with Crippen molar-refractivity contribution in [2.45, 2.75) is 39.2 Å². The number of aliphatic imine (C=N–C) groups is 2. The van der Waals surface area contributed by atoms with E-state index in [2.05, 4.69) is 26.6 Å². The van der Waals surface area contributed by atoms with E-state index in [1.165, 1.54) is 18.3 Å². The van der Waals surface area contributed by atoms with E-state index < -0.39 is 37.5 Å². The van der Waals surface area contributed by atoms with Gasteiger partial charge in [0.25, 0.3) is 0 Å². The van der Waals surface area contributed by atoms with Gasteiger partial charge < -0.3 is 15.8 Å². The Morgan fingerprint density at radius 3 is 2.62 bits per heavy atom. The molecule has 1 aliphatic rings. The lowest BCUT2D eigenvalue weighted by Crippen LogP contribution is -2.45. The fourth-order valence-electron chi connectivity index (χ4n) is 3.69. The summed E-state index contributed by atoms with van der Waals surface area (Å²) < 4.78 is 57.7. The highest BCUT2D eigenvalue weighted by molar-refractivity contribution is 5.84. The number of carbonyl (C=O) groups is 1. The highest BCUT2D eigenvalue weighted by Gasteiger charge is 2.44. The number of nitrogens with two attached hydrogens (primary N) is 1. The lowest BCUT2D eigenvalue weighted by molar-refractivity contribution is -0.105. The number of hydrogen-bond acceptors (Lipinski definition) is 5. The number of allylic oxidation sites excluding steroid dienone is 2. The van der Waals surface area contributed by atoms with Gasteiger partial charge in [-0.1, -0.05) is 13.5 Å². The molecule has 0 saturated carbocycles. The predicted octanol–water partition coefficient (Wildman–Crippen LogP) is 5.37. The van der Waals surface area contributed by atoms with Crippen molar-refractivity contribution in [2.75, 3.05) is 25.5 Å². The van der Waals surface area contributed by atoms with E-state index in [-0.39, 0.29) is 29.6 Å². The Kier molecular flexibility index (Phi) is 12.0. The summed E-state index contributed by atoms with van der Waals surface area (Å²) in [5, 5.41) is 2.39. The van der Waals surface area contributed by atoms with Gasteiger partial charge in [-0.25, -0.2) is 18.2 Å². The predicted molar refractivity (Wildman–Crippen MR) is 127 cm³/mol. The molecule has 1 aromatic rings. The Balaban J connectivity index is 0.000000445. The van der Waals surface area contributed by atoms with Crippen LogP contribution in [0.1, 0.15) is 39.2 Å². The Morgan fingerprint density at radius 1 is 1.41 bits per heavy atom. The fourth-order valence-corrected chi connectivity index (χ4v) is 3.69. The normalized spacial score (nSPS) is 22.4. The number of benzene rings is 1. The van der Waals surface area contributed by atoms with Gasteiger partial charge in [-0.15, -0.1) is 0 Å². The van der Waals surface area contributed by atoms with Gasteiger partial charge in [0.2, 0.25) is 19.2 Å². The number of alkyl halides is 3. The van der Waals surface area contributed by atoms with Crippen molar-refractivity contribution >= 4 is 24.1 Å². The zero-order chi connectivity index (χ0) is 25.7. The van der Waals surface area contributed by atoms with Crippen molar-refractivity contribution in [1.82, 2.24) is 0 Å². The molecule has 1 aromatic carbocycles. The van der Waals surface area contributed by atoms with Crippen LogP contribution in [0, 0.1) is 17.7 Å². The van der Waals surface area contributed by atoms with Crippen molar-refractivity contribution in [3.63, 3.8) is 0 Å². The van der Waals surface area contributed by atoms with Crippen LogP contribution in [0.25, 0.3) is 0 Å². The Labute approximate surface area is 197 Å². The molecule has 34 heavy (non-hydrogen) atoms. The Morgan fingerprint density at radius 2 is 2.12 bits per heavy atom. The van der Waals surface area contributed by atoms with Crippen molar-refractivity contribution in [3.05, 3.63) is 53.7 Å². The Bertz CT molecular complexity index is 920. The molecular weight excluding hydrogens is 452 g/mol. The van der Waals surface area contributed by atoms with Gasteiger partial charge in [-0.3, -0.25) is 14.2 Å². The summed E-state index contributed by atoms with van der Waals surface area (Å²) in [5.41, 5.74) is 5.44. The third-order valence-corrected chi connectivity index (χ3v) is 5.31. The fraction of sp³-hybridized carbons (Fsp3) is 0.458. The second-order valence-electron chi connectivity index (χ2n) is 7.78. The number of amides is 1. The smallest absolute Gasteiger partial charge is 0.230 e. The van der Waals surface area contributed by atoms with Crippen molar-refractivity contribution in [2.24, 2.45) is 27.6 Å². The number of rotatable bonds is 10. The first-order valence-corrected chi connectivity index (χ1v) is 10.7. The lowest BCUT2D eigenvalue weighted by Gasteiger charge is -2.39. The molecule has 0 aromatic heterocycles. The molecule has 1 amide bonds. The van der Waals surface area contributed by atoms with Gasteiger partial charge >= 0.3 is 0 Å². The third-order valence-electron chi connectivity index (χ3n) is 5.31. The number of carbonyl (C=O) groups excluding carboxylic acids is 1. The minimum atomic E-state index is -1.56. The van der Waals surface area contributed by atoms with E-state index in [9.17, 15) is 22.4 Å². The van der Waals surface area contributed by atoms with E-state index >= 15 is 0 Å². The summed E-state index contributed by atoms with van der Waals surface area (Å²) in [5.74, 6) is -1.04. The van der Waals surface area contributed by atoms with Gasteiger partial charge in [-0.05, 0) is 62.5 Å². The SMILES string of the molecule is C=C(C)/C=N\C(=C/C)OCF.CCC1C(N)=N[C@](CF)(c2cc(NC=O)ccc2F)C[C@H]1CF. The molecule has 0 bridgehead atoms. The highest BCUT2D eigenvalue weighted by atomic mass is 19.1. The van der Waals surface area contributed by atoms with Crippen LogP contribution in [0.4, 0.5) is 23.2 Å². The van der Waals surface area contributed by atoms with Crippen LogP contribution in [0.5, 0.6) is 0 Å². The first-order valence-electron chi connectivity index (χ1n) is 10.7. The molecule has 2 rings (SSSR count). The number of nitrogens with one attached hydrogen (secondary N) is 1. The average molecular weight is 485 g/mol. The molecule has 1 aliphatic heterocycles. The van der Waals surface area contributed by atoms with E-state index in [0.29, 0.717) is 18.5 Å². The van der Waals surface area contributed by atoms with Crippen LogP contribution in [-0.4, -0.2) is 38.7 Å². The zero-order valence-corrected chi connectivity index (χ0v) is 19.7. The number of nitrogens with zero attached hydrogens (tertiary/aromatic N) is 2. The summed E-state index contributed by atoms with van der Waals surface area (Å²) in [6.07, 6.45) is 4.15. The lowest BCUT2D eigenvalue weighted by atomic mass is 9.74. The Hall–Kier alpha value is -3.17. The number of hydrogen-bond donors (Lipinski definition) is 2. The van der Waals surface area contributed by atoms with Crippen molar-refractivity contribution in [3.8, 4) is 0 Å². The van der Waals surface area contributed by atoms with Crippen LogP contribution in [0.3, 0.4) is 0 Å². The minimum Gasteiger partial charge on any atom is -0.446 e. The number of amidine groups is 1. The van der Waals surface area contributed by atoms with Gasteiger partial charge in [0.15, 0.2) is 0 Å². The minimum absolute atomic E-state index is 0.0252. The first kappa shape index (κ1) is 28.9. The van der Waals surface area contributed by atoms with Gasteiger partial charge in [-0.2, -0.15) is 0 Å². The average Bonchev–Trinajstić information content (AvgIpc) is 2.82. The second-order valence-corrected chi connectivity index (χ2v) is 7.78. The standard InChI is InChI=1S/C16H20F3N3O.C8H12FNO/c1-2-12-10(7-17)6-16(8-18,22-15(12)20)13-5-11(21-9-23)3-4-14(13)19;1-4-8(11-6-9)10-5-7(2)3/h3-5,9-10,12H,2,6-8H2,1H3,(H2,20,22)(H,21,23);4-5H,2,6H2,1,3H3/b;8-4+,10-5-/t10-,12?,16+;/m0./s1. The second kappa shape index (κ2) is 14.2. The summed E-state index contributed by atoms with van der Waals surface area (Å²) in [6, 6.07) is 3.80. The summed E-state index contributed by atoms with van der Waals surface area (Å²) in [4.78, 5) is 18.6. The van der Waals surface area contributed by atoms with Crippen LogP contribution in [0.2, 0.25) is 0 Å². The number of halogens is 4. The zero-order valence-electron chi connectivity index (χ0n) is 19.7. The van der Waals surface area contributed by atoms with E-state index in [1.807, 2.05) is 6.92 Å². The van der Waals surface area contributed by atoms with E-state index in [0.717, 1.165) is 11.6 Å². The van der Waals surface area contributed by atoms with E-state index in [1.54, 1.807) is 19.9 Å². The third kappa shape index (κ3) is 7.71. The van der Waals surface area contributed by atoms with Crippen LogP contribution in [-0.2, 0) is 15.1 Å². The molecule has 10 heteroatoms. The molecule has 188 valence electrons.